The largest absolute Gasteiger partial charge is 0.383 e. The monoisotopic (exact) mass is 365 g/mol. The van der Waals surface area contributed by atoms with Crippen LogP contribution >= 0.6 is 0 Å². The first kappa shape index (κ1) is 17.8. The molecule has 140 valence electrons. The van der Waals surface area contributed by atoms with Gasteiger partial charge in [0, 0.05) is 43.7 Å². The summed E-state index contributed by atoms with van der Waals surface area (Å²) in [6.45, 7) is 6.92. The molecule has 0 radical (unpaired) electrons. The minimum Gasteiger partial charge on any atom is -0.383 e. The molecule has 0 aliphatic carbocycles. The third-order valence-electron chi connectivity index (χ3n) is 5.24. The van der Waals surface area contributed by atoms with Crippen LogP contribution in [0.3, 0.4) is 0 Å². The Morgan fingerprint density at radius 3 is 2.37 bits per heavy atom. The molecule has 5 nitrogen and oxygen atoms in total. The smallest absolute Gasteiger partial charge is 0.145 e. The summed E-state index contributed by atoms with van der Waals surface area (Å²) in [6.07, 6.45) is 0. The summed E-state index contributed by atoms with van der Waals surface area (Å²) in [5.74, 6) is 1.17. The van der Waals surface area contributed by atoms with Crippen LogP contribution in [0.1, 0.15) is 17.0 Å². The molecule has 0 saturated carbocycles. The van der Waals surface area contributed by atoms with Crippen LogP contribution in [0.2, 0.25) is 0 Å². The first-order chi connectivity index (χ1) is 13.1. The molecule has 1 aromatic heterocycles. The lowest BCUT2D eigenvalue weighted by molar-refractivity contribution is 0.119. The predicted octanol–water partition coefficient (Wildman–Crippen LogP) is 2.98. The molecule has 1 aliphatic heterocycles. The van der Waals surface area contributed by atoms with Crippen molar-refractivity contribution in [2.45, 2.75) is 20.0 Å². The zero-order valence-electron chi connectivity index (χ0n) is 15.5. The van der Waals surface area contributed by atoms with Crippen LogP contribution in [0.5, 0.6) is 0 Å². The Hall–Kier alpha value is -2.57. The highest BCUT2D eigenvalue weighted by Gasteiger charge is 2.20. The summed E-state index contributed by atoms with van der Waals surface area (Å²) in [5.41, 5.74) is 8.78. The van der Waals surface area contributed by atoms with Gasteiger partial charge in [-0.25, -0.2) is 14.4 Å². The quantitative estimate of drug-likeness (QED) is 0.770. The molecule has 27 heavy (non-hydrogen) atoms. The molecule has 0 amide bonds. The predicted molar refractivity (Wildman–Crippen MR) is 106 cm³/mol. The lowest BCUT2D eigenvalue weighted by Crippen LogP contribution is -2.45. The number of hydrogen-bond acceptors (Lipinski definition) is 5. The molecule has 1 aliphatic rings. The van der Waals surface area contributed by atoms with Crippen molar-refractivity contribution in [2.24, 2.45) is 0 Å². The standard InChI is InChI=1S/C21H24FN5/c1-15-5-4-7-18(22)17(15)13-26-9-11-27(12-10-26)14-20-24-19-8-3-2-6-16(19)21(23)25-20/h2-8H,9-14H2,1H3,(H2,23,24,25). The van der Waals surface area contributed by atoms with Gasteiger partial charge in [-0.05, 0) is 30.7 Å². The van der Waals surface area contributed by atoms with Crippen LogP contribution in [0.4, 0.5) is 10.2 Å². The molecule has 2 heterocycles. The van der Waals surface area contributed by atoms with E-state index in [0.717, 1.165) is 54.0 Å². The van der Waals surface area contributed by atoms with E-state index in [2.05, 4.69) is 19.8 Å². The second-order valence-electron chi connectivity index (χ2n) is 7.13. The first-order valence-electron chi connectivity index (χ1n) is 9.30. The minimum atomic E-state index is -0.113. The van der Waals surface area contributed by atoms with E-state index in [4.69, 9.17) is 5.73 Å². The molecule has 0 atom stereocenters. The summed E-state index contributed by atoms with van der Waals surface area (Å²) < 4.78 is 14.1. The van der Waals surface area contributed by atoms with Crippen molar-refractivity contribution >= 4 is 16.7 Å². The third-order valence-corrected chi connectivity index (χ3v) is 5.24. The van der Waals surface area contributed by atoms with Crippen molar-refractivity contribution < 1.29 is 4.39 Å². The number of benzene rings is 2. The Labute approximate surface area is 158 Å². The highest BCUT2D eigenvalue weighted by atomic mass is 19.1. The number of nitrogens with zero attached hydrogens (tertiary/aromatic N) is 4. The van der Waals surface area contributed by atoms with Gasteiger partial charge in [0.1, 0.15) is 17.5 Å². The van der Waals surface area contributed by atoms with Crippen molar-refractivity contribution in [3.05, 3.63) is 65.2 Å². The van der Waals surface area contributed by atoms with Crippen LogP contribution in [0.15, 0.2) is 42.5 Å². The zero-order valence-corrected chi connectivity index (χ0v) is 15.5. The van der Waals surface area contributed by atoms with Crippen molar-refractivity contribution in [3.8, 4) is 0 Å². The number of halogens is 1. The van der Waals surface area contributed by atoms with Gasteiger partial charge in [-0.1, -0.05) is 24.3 Å². The number of nitrogen functional groups attached to an aromatic ring is 1. The van der Waals surface area contributed by atoms with Crippen LogP contribution in [-0.2, 0) is 13.1 Å². The van der Waals surface area contributed by atoms with E-state index >= 15 is 0 Å². The Kier molecular flexibility index (Phi) is 5.01. The number of fused-ring (bicyclic) bond motifs is 1. The maximum atomic E-state index is 14.1. The van der Waals surface area contributed by atoms with Gasteiger partial charge in [0.2, 0.25) is 0 Å². The summed E-state index contributed by atoms with van der Waals surface area (Å²) in [5, 5.41) is 0.895. The molecule has 0 spiro atoms. The van der Waals surface area contributed by atoms with E-state index < -0.39 is 0 Å². The number of hydrogen-bond donors (Lipinski definition) is 1. The van der Waals surface area contributed by atoms with Crippen LogP contribution in [0, 0.1) is 12.7 Å². The summed E-state index contributed by atoms with van der Waals surface area (Å²) in [7, 11) is 0. The average Bonchev–Trinajstić information content (AvgIpc) is 2.66. The Bertz CT molecular complexity index is 930. The molecule has 0 bridgehead atoms. The molecule has 2 N–H and O–H groups in total. The van der Waals surface area contributed by atoms with Gasteiger partial charge < -0.3 is 5.73 Å². The van der Waals surface area contributed by atoms with E-state index in [1.807, 2.05) is 37.3 Å². The second kappa shape index (κ2) is 7.58. The normalized spacial score (nSPS) is 16.1. The molecule has 2 aromatic carbocycles. The third kappa shape index (κ3) is 3.91. The lowest BCUT2D eigenvalue weighted by atomic mass is 10.1. The van der Waals surface area contributed by atoms with E-state index in [-0.39, 0.29) is 5.82 Å². The lowest BCUT2D eigenvalue weighted by Gasteiger charge is -2.34. The van der Waals surface area contributed by atoms with Gasteiger partial charge in [-0.3, -0.25) is 9.80 Å². The van der Waals surface area contributed by atoms with Gasteiger partial charge in [0.05, 0.1) is 12.1 Å². The fraction of sp³-hybridized carbons (Fsp3) is 0.333. The van der Waals surface area contributed by atoms with E-state index in [9.17, 15) is 4.39 Å². The average molecular weight is 365 g/mol. The van der Waals surface area contributed by atoms with Gasteiger partial charge in [0.15, 0.2) is 0 Å². The first-order valence-corrected chi connectivity index (χ1v) is 9.30. The highest BCUT2D eigenvalue weighted by Crippen LogP contribution is 2.19. The van der Waals surface area contributed by atoms with Crippen LogP contribution in [0.25, 0.3) is 10.9 Å². The van der Waals surface area contributed by atoms with Crippen LogP contribution < -0.4 is 5.73 Å². The van der Waals surface area contributed by atoms with Crippen molar-refractivity contribution in [1.82, 2.24) is 19.8 Å². The maximum Gasteiger partial charge on any atom is 0.145 e. The number of rotatable bonds is 4. The Morgan fingerprint density at radius 2 is 1.63 bits per heavy atom. The highest BCUT2D eigenvalue weighted by molar-refractivity contribution is 5.87. The SMILES string of the molecule is Cc1cccc(F)c1CN1CCN(Cc2nc(N)c3ccccc3n2)CC1. The molecular formula is C21H24FN5. The molecule has 0 unspecified atom stereocenters. The van der Waals surface area contributed by atoms with Gasteiger partial charge in [0.25, 0.3) is 0 Å². The summed E-state index contributed by atoms with van der Waals surface area (Å²) in [6, 6.07) is 13.1. The zero-order chi connectivity index (χ0) is 18.8. The molecule has 1 saturated heterocycles. The maximum absolute atomic E-state index is 14.1. The fourth-order valence-corrected chi connectivity index (χ4v) is 3.62. The van der Waals surface area contributed by atoms with Gasteiger partial charge >= 0.3 is 0 Å². The van der Waals surface area contributed by atoms with Crippen molar-refractivity contribution in [3.63, 3.8) is 0 Å². The Morgan fingerprint density at radius 1 is 0.926 bits per heavy atom. The topological polar surface area (TPSA) is 58.3 Å². The number of aromatic nitrogens is 2. The molecule has 3 aromatic rings. The summed E-state index contributed by atoms with van der Waals surface area (Å²) >= 11 is 0. The molecule has 6 heteroatoms. The number of piperazine rings is 1. The van der Waals surface area contributed by atoms with Gasteiger partial charge in [-0.2, -0.15) is 0 Å². The summed E-state index contributed by atoms with van der Waals surface area (Å²) in [4.78, 5) is 13.7. The number of aryl methyl sites for hydroxylation is 1. The van der Waals surface area contributed by atoms with E-state index in [0.29, 0.717) is 18.9 Å². The van der Waals surface area contributed by atoms with Crippen molar-refractivity contribution in [2.75, 3.05) is 31.9 Å². The minimum absolute atomic E-state index is 0.113. The fourth-order valence-electron chi connectivity index (χ4n) is 3.62. The van der Waals surface area contributed by atoms with Crippen molar-refractivity contribution in [1.29, 1.82) is 0 Å². The van der Waals surface area contributed by atoms with Crippen LogP contribution in [-0.4, -0.2) is 45.9 Å². The number of para-hydroxylation sites is 1. The number of anilines is 1. The van der Waals surface area contributed by atoms with E-state index in [1.54, 1.807) is 12.1 Å². The van der Waals surface area contributed by atoms with E-state index in [1.165, 1.54) is 0 Å². The molecule has 1 fully saturated rings. The molecule has 4 rings (SSSR count). The Balaban J connectivity index is 1.38. The second-order valence-corrected chi connectivity index (χ2v) is 7.13. The number of nitrogens with two attached hydrogens (primary N) is 1. The van der Waals surface area contributed by atoms with Gasteiger partial charge in [-0.15, -0.1) is 0 Å². The molecular weight excluding hydrogens is 341 g/mol.